The summed E-state index contributed by atoms with van der Waals surface area (Å²) in [6.45, 7) is 10.00. The van der Waals surface area contributed by atoms with E-state index in [1.165, 1.54) is 0 Å². The first-order valence-corrected chi connectivity index (χ1v) is 6.52. The maximum absolute atomic E-state index is 11.5. The molecule has 1 aliphatic heterocycles. The molecule has 100 valence electrons. The molecule has 1 amide bonds. The summed E-state index contributed by atoms with van der Waals surface area (Å²) >= 11 is 0. The molecule has 0 aliphatic carbocycles. The largest absolute Gasteiger partial charge is 0.379 e. The standard InChI is InChI=1S/C12H25N3O2/c1-3-11(2)14-12(16)10-13-4-5-15-6-8-17-9-7-15/h11,13H,3-10H2,1-2H3,(H,14,16). The lowest BCUT2D eigenvalue weighted by Crippen LogP contribution is -2.43. The smallest absolute Gasteiger partial charge is 0.234 e. The van der Waals surface area contributed by atoms with Crippen molar-refractivity contribution in [2.45, 2.75) is 26.3 Å². The molecule has 1 saturated heterocycles. The zero-order valence-electron chi connectivity index (χ0n) is 11.0. The van der Waals surface area contributed by atoms with E-state index in [-0.39, 0.29) is 11.9 Å². The average molecular weight is 243 g/mol. The Labute approximate surface area is 104 Å². The molecule has 0 aromatic heterocycles. The highest BCUT2D eigenvalue weighted by Crippen LogP contribution is 1.94. The fourth-order valence-corrected chi connectivity index (χ4v) is 1.69. The van der Waals surface area contributed by atoms with Crippen LogP contribution in [0.15, 0.2) is 0 Å². The molecule has 0 spiro atoms. The maximum atomic E-state index is 11.5. The lowest BCUT2D eigenvalue weighted by atomic mass is 10.2. The van der Waals surface area contributed by atoms with Gasteiger partial charge in [0.2, 0.25) is 5.91 Å². The summed E-state index contributed by atoms with van der Waals surface area (Å²) in [4.78, 5) is 13.8. The first kappa shape index (κ1) is 14.4. The lowest BCUT2D eigenvalue weighted by molar-refractivity contribution is -0.120. The number of amides is 1. The van der Waals surface area contributed by atoms with Gasteiger partial charge in [0.1, 0.15) is 0 Å². The van der Waals surface area contributed by atoms with Crippen molar-refractivity contribution in [1.29, 1.82) is 0 Å². The van der Waals surface area contributed by atoms with Crippen LogP contribution in [0.2, 0.25) is 0 Å². The molecule has 17 heavy (non-hydrogen) atoms. The number of carbonyl (C=O) groups is 1. The van der Waals surface area contributed by atoms with Crippen LogP contribution in [0.4, 0.5) is 0 Å². The van der Waals surface area contributed by atoms with E-state index in [2.05, 4.69) is 22.5 Å². The first-order chi connectivity index (χ1) is 8.22. The van der Waals surface area contributed by atoms with E-state index in [1.807, 2.05) is 6.92 Å². The van der Waals surface area contributed by atoms with Gasteiger partial charge in [0, 0.05) is 32.2 Å². The van der Waals surface area contributed by atoms with Crippen LogP contribution in [-0.4, -0.2) is 62.8 Å². The second-order valence-electron chi connectivity index (χ2n) is 4.51. The van der Waals surface area contributed by atoms with Crippen molar-refractivity contribution in [3.8, 4) is 0 Å². The minimum atomic E-state index is 0.0846. The Balaban J connectivity index is 1.97. The molecule has 5 heteroatoms. The van der Waals surface area contributed by atoms with E-state index in [0.717, 1.165) is 45.8 Å². The van der Waals surface area contributed by atoms with Gasteiger partial charge in [0.15, 0.2) is 0 Å². The first-order valence-electron chi connectivity index (χ1n) is 6.52. The fourth-order valence-electron chi connectivity index (χ4n) is 1.69. The third kappa shape index (κ3) is 6.61. The van der Waals surface area contributed by atoms with Gasteiger partial charge in [-0.3, -0.25) is 9.69 Å². The molecule has 5 nitrogen and oxygen atoms in total. The molecule has 0 aromatic rings. The molecular formula is C12H25N3O2. The van der Waals surface area contributed by atoms with Gasteiger partial charge in [-0.25, -0.2) is 0 Å². The van der Waals surface area contributed by atoms with Crippen molar-refractivity contribution >= 4 is 5.91 Å². The van der Waals surface area contributed by atoms with Gasteiger partial charge in [-0.2, -0.15) is 0 Å². The third-order valence-corrected chi connectivity index (χ3v) is 3.01. The molecule has 0 aromatic carbocycles. The number of hydrogen-bond donors (Lipinski definition) is 2. The third-order valence-electron chi connectivity index (χ3n) is 3.01. The number of nitrogens with zero attached hydrogens (tertiary/aromatic N) is 1. The van der Waals surface area contributed by atoms with Crippen molar-refractivity contribution in [1.82, 2.24) is 15.5 Å². The Morgan fingerprint density at radius 1 is 1.41 bits per heavy atom. The zero-order chi connectivity index (χ0) is 12.5. The molecule has 0 radical (unpaired) electrons. The predicted octanol–water partition coefficient (Wildman–Crippen LogP) is -0.177. The molecule has 1 unspecified atom stereocenters. The van der Waals surface area contributed by atoms with Gasteiger partial charge in [-0.1, -0.05) is 6.92 Å². The summed E-state index contributed by atoms with van der Waals surface area (Å²) in [5, 5.41) is 6.10. The summed E-state index contributed by atoms with van der Waals surface area (Å²) in [5.41, 5.74) is 0. The van der Waals surface area contributed by atoms with Crippen LogP contribution in [0.25, 0.3) is 0 Å². The summed E-state index contributed by atoms with van der Waals surface area (Å²) in [6.07, 6.45) is 0.972. The SMILES string of the molecule is CCC(C)NC(=O)CNCCN1CCOCC1. The van der Waals surface area contributed by atoms with Crippen molar-refractivity contribution in [3.63, 3.8) is 0 Å². The number of rotatable bonds is 7. The second kappa shape index (κ2) is 8.44. The Kier molecular flexibility index (Phi) is 7.16. The van der Waals surface area contributed by atoms with E-state index in [4.69, 9.17) is 4.74 Å². The average Bonchev–Trinajstić information content (AvgIpc) is 2.36. The normalized spacial score (nSPS) is 18.9. The van der Waals surface area contributed by atoms with E-state index >= 15 is 0 Å². The van der Waals surface area contributed by atoms with Crippen molar-refractivity contribution in [3.05, 3.63) is 0 Å². The Bertz CT molecular complexity index is 218. The highest BCUT2D eigenvalue weighted by Gasteiger charge is 2.09. The number of hydrogen-bond acceptors (Lipinski definition) is 4. The van der Waals surface area contributed by atoms with Crippen LogP contribution >= 0.6 is 0 Å². The Morgan fingerprint density at radius 2 is 2.12 bits per heavy atom. The summed E-state index contributed by atoms with van der Waals surface area (Å²) < 4.78 is 5.27. The minimum absolute atomic E-state index is 0.0846. The maximum Gasteiger partial charge on any atom is 0.234 e. The zero-order valence-corrected chi connectivity index (χ0v) is 11.0. The van der Waals surface area contributed by atoms with Crippen LogP contribution in [-0.2, 0) is 9.53 Å². The fraction of sp³-hybridized carbons (Fsp3) is 0.917. The topological polar surface area (TPSA) is 53.6 Å². The molecule has 2 N–H and O–H groups in total. The highest BCUT2D eigenvalue weighted by molar-refractivity contribution is 5.78. The van der Waals surface area contributed by atoms with Crippen LogP contribution in [0.5, 0.6) is 0 Å². The molecule has 1 atom stereocenters. The van der Waals surface area contributed by atoms with Gasteiger partial charge in [-0.15, -0.1) is 0 Å². The number of ether oxygens (including phenoxy) is 1. The van der Waals surface area contributed by atoms with Crippen LogP contribution < -0.4 is 10.6 Å². The van der Waals surface area contributed by atoms with Gasteiger partial charge < -0.3 is 15.4 Å². The second-order valence-corrected chi connectivity index (χ2v) is 4.51. The van der Waals surface area contributed by atoms with E-state index < -0.39 is 0 Å². The minimum Gasteiger partial charge on any atom is -0.379 e. The van der Waals surface area contributed by atoms with Gasteiger partial charge >= 0.3 is 0 Å². The van der Waals surface area contributed by atoms with Gasteiger partial charge in [-0.05, 0) is 13.3 Å². The quantitative estimate of drug-likeness (QED) is 0.609. The number of morpholine rings is 1. The molecule has 1 fully saturated rings. The Morgan fingerprint density at radius 3 is 2.76 bits per heavy atom. The number of nitrogens with one attached hydrogen (secondary N) is 2. The molecular weight excluding hydrogens is 218 g/mol. The van der Waals surface area contributed by atoms with Crippen molar-refractivity contribution < 1.29 is 9.53 Å². The molecule has 1 heterocycles. The summed E-state index contributed by atoms with van der Waals surface area (Å²) in [5.74, 6) is 0.0846. The molecule has 1 aliphatic rings. The van der Waals surface area contributed by atoms with Gasteiger partial charge in [0.25, 0.3) is 0 Å². The van der Waals surface area contributed by atoms with E-state index in [1.54, 1.807) is 0 Å². The van der Waals surface area contributed by atoms with Crippen molar-refractivity contribution in [2.75, 3.05) is 45.9 Å². The summed E-state index contributed by atoms with van der Waals surface area (Å²) in [7, 11) is 0. The molecule has 0 bridgehead atoms. The van der Waals surface area contributed by atoms with Crippen LogP contribution in [0.3, 0.4) is 0 Å². The Hall–Kier alpha value is -0.650. The molecule has 0 saturated carbocycles. The van der Waals surface area contributed by atoms with Crippen LogP contribution in [0, 0.1) is 0 Å². The van der Waals surface area contributed by atoms with Gasteiger partial charge in [0.05, 0.1) is 19.8 Å². The summed E-state index contributed by atoms with van der Waals surface area (Å²) in [6, 6.07) is 0.267. The highest BCUT2D eigenvalue weighted by atomic mass is 16.5. The van der Waals surface area contributed by atoms with Crippen molar-refractivity contribution in [2.24, 2.45) is 0 Å². The predicted molar refractivity (Wildman–Crippen MR) is 68.0 cm³/mol. The lowest BCUT2D eigenvalue weighted by Gasteiger charge is -2.26. The van der Waals surface area contributed by atoms with E-state index in [9.17, 15) is 4.79 Å². The molecule has 1 rings (SSSR count). The van der Waals surface area contributed by atoms with Crippen LogP contribution in [0.1, 0.15) is 20.3 Å². The van der Waals surface area contributed by atoms with E-state index in [0.29, 0.717) is 6.54 Å². The monoisotopic (exact) mass is 243 g/mol. The number of carbonyl (C=O) groups excluding carboxylic acids is 1.